The van der Waals surface area contributed by atoms with E-state index >= 15 is 0 Å². The lowest BCUT2D eigenvalue weighted by atomic mass is 10.3. The fraction of sp³-hybridized carbons (Fsp3) is 0.333. The number of halogens is 1. The molecule has 0 spiro atoms. The molecule has 0 aromatic heterocycles. The standard InChI is InChI=1S/C9H12BrNO/c1-3-11-7-5-4-6-8(12-2)9(7)10/h4-6,11H,3H2,1-2H3. The second kappa shape index (κ2) is 4.36. The fourth-order valence-electron chi connectivity index (χ4n) is 0.995. The maximum absolute atomic E-state index is 5.15. The van der Waals surface area contributed by atoms with Gasteiger partial charge in [-0.2, -0.15) is 0 Å². The number of hydrogen-bond acceptors (Lipinski definition) is 2. The van der Waals surface area contributed by atoms with E-state index in [0.717, 1.165) is 22.5 Å². The van der Waals surface area contributed by atoms with Crippen molar-refractivity contribution in [3.05, 3.63) is 22.7 Å². The predicted molar refractivity (Wildman–Crippen MR) is 54.9 cm³/mol. The molecule has 3 heteroatoms. The monoisotopic (exact) mass is 229 g/mol. The van der Waals surface area contributed by atoms with Crippen molar-refractivity contribution in [1.82, 2.24) is 0 Å². The highest BCUT2D eigenvalue weighted by molar-refractivity contribution is 9.10. The molecule has 0 atom stereocenters. The van der Waals surface area contributed by atoms with Gasteiger partial charge < -0.3 is 10.1 Å². The Morgan fingerprint density at radius 1 is 1.50 bits per heavy atom. The Hall–Kier alpha value is -0.700. The molecule has 1 rings (SSSR count). The maximum atomic E-state index is 5.15. The van der Waals surface area contributed by atoms with Gasteiger partial charge in [0.2, 0.25) is 0 Å². The normalized spacial score (nSPS) is 9.58. The maximum Gasteiger partial charge on any atom is 0.135 e. The van der Waals surface area contributed by atoms with Crippen LogP contribution in [0.2, 0.25) is 0 Å². The van der Waals surface area contributed by atoms with E-state index in [9.17, 15) is 0 Å². The molecule has 0 unspecified atom stereocenters. The summed E-state index contributed by atoms with van der Waals surface area (Å²) in [6.45, 7) is 2.97. The van der Waals surface area contributed by atoms with Crippen LogP contribution in [0.1, 0.15) is 6.92 Å². The van der Waals surface area contributed by atoms with Crippen molar-refractivity contribution in [3.8, 4) is 5.75 Å². The molecule has 0 fully saturated rings. The van der Waals surface area contributed by atoms with Gasteiger partial charge >= 0.3 is 0 Å². The molecular formula is C9H12BrNO. The molecule has 66 valence electrons. The van der Waals surface area contributed by atoms with Gasteiger partial charge in [0.25, 0.3) is 0 Å². The summed E-state index contributed by atoms with van der Waals surface area (Å²) in [4.78, 5) is 0. The van der Waals surface area contributed by atoms with Gasteiger partial charge in [-0.3, -0.25) is 0 Å². The molecular weight excluding hydrogens is 218 g/mol. The molecule has 2 nitrogen and oxygen atoms in total. The lowest BCUT2D eigenvalue weighted by Crippen LogP contribution is -1.97. The van der Waals surface area contributed by atoms with Gasteiger partial charge in [-0.05, 0) is 35.0 Å². The summed E-state index contributed by atoms with van der Waals surface area (Å²) in [6, 6.07) is 5.89. The molecule has 1 aromatic rings. The highest BCUT2D eigenvalue weighted by Crippen LogP contribution is 2.31. The fourth-order valence-corrected chi connectivity index (χ4v) is 1.56. The molecule has 0 bridgehead atoms. The van der Waals surface area contributed by atoms with E-state index in [0.29, 0.717) is 0 Å². The van der Waals surface area contributed by atoms with Crippen LogP contribution >= 0.6 is 15.9 Å². The number of methoxy groups -OCH3 is 1. The van der Waals surface area contributed by atoms with Crippen molar-refractivity contribution in [1.29, 1.82) is 0 Å². The minimum atomic E-state index is 0.855. The van der Waals surface area contributed by atoms with Crippen LogP contribution in [0.3, 0.4) is 0 Å². The first-order chi connectivity index (χ1) is 5.79. The van der Waals surface area contributed by atoms with Crippen molar-refractivity contribution in [2.75, 3.05) is 19.0 Å². The van der Waals surface area contributed by atoms with Crippen molar-refractivity contribution >= 4 is 21.6 Å². The highest BCUT2D eigenvalue weighted by atomic mass is 79.9. The Balaban J connectivity index is 2.97. The van der Waals surface area contributed by atoms with Gasteiger partial charge in [0, 0.05) is 6.54 Å². The van der Waals surface area contributed by atoms with E-state index < -0.39 is 0 Å². The van der Waals surface area contributed by atoms with Crippen LogP contribution in [0.15, 0.2) is 22.7 Å². The minimum absolute atomic E-state index is 0.855. The molecule has 0 heterocycles. The smallest absolute Gasteiger partial charge is 0.135 e. The molecule has 0 radical (unpaired) electrons. The van der Waals surface area contributed by atoms with Crippen LogP contribution < -0.4 is 10.1 Å². The molecule has 12 heavy (non-hydrogen) atoms. The number of anilines is 1. The van der Waals surface area contributed by atoms with E-state index in [1.54, 1.807) is 7.11 Å². The van der Waals surface area contributed by atoms with Crippen molar-refractivity contribution in [2.24, 2.45) is 0 Å². The molecule has 0 aliphatic carbocycles. The van der Waals surface area contributed by atoms with E-state index in [-0.39, 0.29) is 0 Å². The summed E-state index contributed by atoms with van der Waals surface area (Å²) >= 11 is 3.45. The summed E-state index contributed by atoms with van der Waals surface area (Å²) in [6.07, 6.45) is 0. The van der Waals surface area contributed by atoms with Crippen LogP contribution in [-0.2, 0) is 0 Å². The first-order valence-electron chi connectivity index (χ1n) is 3.86. The van der Waals surface area contributed by atoms with E-state index in [1.165, 1.54) is 0 Å². The Morgan fingerprint density at radius 2 is 2.25 bits per heavy atom. The second-order valence-corrected chi connectivity index (χ2v) is 3.15. The van der Waals surface area contributed by atoms with Gasteiger partial charge in [0.15, 0.2) is 0 Å². The highest BCUT2D eigenvalue weighted by Gasteiger charge is 2.03. The van der Waals surface area contributed by atoms with Gasteiger partial charge in [-0.25, -0.2) is 0 Å². The average molecular weight is 230 g/mol. The summed E-state index contributed by atoms with van der Waals surface area (Å²) in [7, 11) is 1.66. The molecule has 1 N–H and O–H groups in total. The summed E-state index contributed by atoms with van der Waals surface area (Å²) in [5.41, 5.74) is 1.07. The van der Waals surface area contributed by atoms with Gasteiger partial charge in [0.05, 0.1) is 17.3 Å². The first kappa shape index (κ1) is 9.39. The zero-order valence-corrected chi connectivity index (χ0v) is 8.81. The lowest BCUT2D eigenvalue weighted by Gasteiger charge is -2.09. The SMILES string of the molecule is CCNc1cccc(OC)c1Br. The van der Waals surface area contributed by atoms with Gasteiger partial charge in [-0.15, -0.1) is 0 Å². The Morgan fingerprint density at radius 3 is 2.83 bits per heavy atom. The quantitative estimate of drug-likeness (QED) is 0.861. The zero-order chi connectivity index (χ0) is 8.97. The van der Waals surface area contributed by atoms with Gasteiger partial charge in [0.1, 0.15) is 5.75 Å². The predicted octanol–water partition coefficient (Wildman–Crippen LogP) is 2.89. The molecule has 0 amide bonds. The van der Waals surface area contributed by atoms with Crippen LogP contribution in [0, 0.1) is 0 Å². The molecule has 0 aliphatic rings. The number of benzene rings is 1. The summed E-state index contributed by atoms with van der Waals surface area (Å²) < 4.78 is 6.13. The van der Waals surface area contributed by atoms with Crippen molar-refractivity contribution in [2.45, 2.75) is 6.92 Å². The number of ether oxygens (including phenoxy) is 1. The van der Waals surface area contributed by atoms with Crippen molar-refractivity contribution in [3.63, 3.8) is 0 Å². The lowest BCUT2D eigenvalue weighted by molar-refractivity contribution is 0.412. The Kier molecular flexibility index (Phi) is 3.41. The first-order valence-corrected chi connectivity index (χ1v) is 4.65. The zero-order valence-electron chi connectivity index (χ0n) is 7.23. The van der Waals surface area contributed by atoms with Crippen LogP contribution in [0.4, 0.5) is 5.69 Å². The molecule has 0 aliphatic heterocycles. The largest absolute Gasteiger partial charge is 0.495 e. The molecule has 1 aromatic carbocycles. The van der Waals surface area contributed by atoms with Crippen LogP contribution in [-0.4, -0.2) is 13.7 Å². The molecule has 0 saturated carbocycles. The second-order valence-electron chi connectivity index (χ2n) is 2.35. The van der Waals surface area contributed by atoms with Crippen molar-refractivity contribution < 1.29 is 4.74 Å². The topological polar surface area (TPSA) is 21.3 Å². The minimum Gasteiger partial charge on any atom is -0.495 e. The Labute approximate surface area is 81.1 Å². The van der Waals surface area contributed by atoms with E-state index in [2.05, 4.69) is 28.2 Å². The van der Waals surface area contributed by atoms with Crippen LogP contribution in [0.5, 0.6) is 5.75 Å². The molecule has 0 saturated heterocycles. The third-order valence-corrected chi connectivity index (χ3v) is 2.37. The third-order valence-electron chi connectivity index (χ3n) is 1.55. The van der Waals surface area contributed by atoms with E-state index in [4.69, 9.17) is 4.74 Å². The number of nitrogens with one attached hydrogen (secondary N) is 1. The third kappa shape index (κ3) is 1.91. The Bertz CT molecular complexity index is 263. The van der Waals surface area contributed by atoms with Gasteiger partial charge in [-0.1, -0.05) is 6.07 Å². The summed E-state index contributed by atoms with van der Waals surface area (Å²) in [5, 5.41) is 3.22. The van der Waals surface area contributed by atoms with E-state index in [1.807, 2.05) is 18.2 Å². The van der Waals surface area contributed by atoms with Crippen LogP contribution in [0.25, 0.3) is 0 Å². The average Bonchev–Trinajstić information content (AvgIpc) is 2.09. The summed E-state index contributed by atoms with van der Waals surface area (Å²) in [5.74, 6) is 0.855. The number of hydrogen-bond donors (Lipinski definition) is 1. The number of rotatable bonds is 3.